The minimum Gasteiger partial charge on any atom is -0.383 e. The van der Waals surface area contributed by atoms with Crippen LogP contribution in [0.1, 0.15) is 36.9 Å². The van der Waals surface area contributed by atoms with Gasteiger partial charge in [-0.1, -0.05) is 24.3 Å². The molecule has 2 aromatic carbocycles. The van der Waals surface area contributed by atoms with Crippen LogP contribution >= 0.6 is 0 Å². The molecule has 3 heterocycles. The second kappa shape index (κ2) is 14.0. The minimum atomic E-state index is -0.386. The lowest BCUT2D eigenvalue weighted by atomic mass is 9.86. The highest BCUT2D eigenvalue weighted by molar-refractivity contribution is 6.27. The van der Waals surface area contributed by atoms with Gasteiger partial charge in [-0.15, -0.1) is 0 Å². The molecular formula is C36H42N10O4. The summed E-state index contributed by atoms with van der Waals surface area (Å²) in [6.45, 7) is 2.40. The second-order valence-corrected chi connectivity index (χ2v) is 12.9. The van der Waals surface area contributed by atoms with Crippen molar-refractivity contribution in [2.24, 2.45) is 14.1 Å². The number of amides is 3. The molecule has 5 aromatic rings. The number of rotatable bonds is 13. The molecule has 0 radical (unpaired) electrons. The van der Waals surface area contributed by atoms with Crippen molar-refractivity contribution in [3.05, 3.63) is 83.2 Å². The van der Waals surface area contributed by atoms with Gasteiger partial charge < -0.3 is 40.2 Å². The summed E-state index contributed by atoms with van der Waals surface area (Å²) >= 11 is 0. The molecule has 0 spiro atoms. The second-order valence-electron chi connectivity index (χ2n) is 12.9. The number of hydrogen-bond acceptors (Lipinski definition) is 8. The fraction of sp³-hybridized carbons (Fsp3) is 0.306. The van der Waals surface area contributed by atoms with Gasteiger partial charge in [-0.25, -0.2) is 0 Å². The number of carbonyl (C=O) groups is 4. The van der Waals surface area contributed by atoms with E-state index >= 15 is 0 Å². The number of benzene rings is 2. The lowest BCUT2D eigenvalue weighted by Crippen LogP contribution is -2.29. The van der Waals surface area contributed by atoms with Crippen molar-refractivity contribution in [2.75, 3.05) is 70.3 Å². The van der Waals surface area contributed by atoms with Crippen molar-refractivity contribution in [3.63, 3.8) is 0 Å². The first kappa shape index (κ1) is 34.1. The van der Waals surface area contributed by atoms with Crippen LogP contribution in [0.3, 0.4) is 0 Å². The molecule has 1 aliphatic carbocycles. The summed E-state index contributed by atoms with van der Waals surface area (Å²) in [5.41, 5.74) is 5.08. The van der Waals surface area contributed by atoms with Crippen LogP contribution in [0, 0.1) is 0 Å². The molecule has 6 rings (SSSR count). The van der Waals surface area contributed by atoms with Crippen molar-refractivity contribution < 1.29 is 19.2 Å². The third-order valence-corrected chi connectivity index (χ3v) is 8.73. The maximum Gasteiger partial charge on any atom is 0.273 e. The van der Waals surface area contributed by atoms with Crippen molar-refractivity contribution in [3.8, 4) is 11.3 Å². The molecule has 0 atom stereocenters. The molecule has 0 saturated carbocycles. The number of hydrogen-bond donors (Lipinski definition) is 4. The Hall–Kier alpha value is -5.73. The number of ketones is 1. The molecule has 0 unspecified atom stereocenters. The predicted octanol–water partition coefficient (Wildman–Crippen LogP) is 3.08. The Kier molecular flexibility index (Phi) is 9.57. The van der Waals surface area contributed by atoms with Gasteiger partial charge in [-0.05, 0) is 64.6 Å². The first-order chi connectivity index (χ1) is 23.9. The quantitative estimate of drug-likeness (QED) is 0.146. The van der Waals surface area contributed by atoms with Gasteiger partial charge in [-0.3, -0.25) is 23.9 Å². The molecule has 3 amide bonds. The third-order valence-electron chi connectivity index (χ3n) is 8.73. The number of likely N-dealkylation sites (N-methyl/N-ethyl adjacent to an activating group) is 2. The summed E-state index contributed by atoms with van der Waals surface area (Å²) in [5, 5.41) is 17.8. The number of anilines is 3. The van der Waals surface area contributed by atoms with E-state index in [1.54, 1.807) is 66.5 Å². The fourth-order valence-electron chi connectivity index (χ4n) is 6.21. The lowest BCUT2D eigenvalue weighted by Gasteiger charge is -2.19. The largest absolute Gasteiger partial charge is 0.383 e. The standard InChI is InChI=1S/C36H42N10O4/c1-42(2)19-17-37-24-11-7-9-22-31(24)34(48)23-10-8-12-25-32(23)33(22)41-46(25)20-18-38-35(49)26-13-16-29(44(26)5)40-36(50)27-14-15-28(45(27)6)39-30(47)21-43(3)4/h7-16,37H,17-21H2,1-6H3,(H,38,49)(H,39,47)(H,40,50). The van der Waals surface area contributed by atoms with Crippen LogP contribution in [0.25, 0.3) is 22.2 Å². The number of nitrogens with one attached hydrogen (secondary N) is 4. The zero-order chi connectivity index (χ0) is 35.7. The Balaban J connectivity index is 1.12. The van der Waals surface area contributed by atoms with Gasteiger partial charge >= 0.3 is 0 Å². The first-order valence-corrected chi connectivity index (χ1v) is 16.4. The van der Waals surface area contributed by atoms with Gasteiger partial charge in [-0.2, -0.15) is 5.10 Å². The zero-order valence-electron chi connectivity index (χ0n) is 29.1. The Morgan fingerprint density at radius 1 is 0.760 bits per heavy atom. The maximum absolute atomic E-state index is 13.8. The molecule has 4 N–H and O–H groups in total. The van der Waals surface area contributed by atoms with Gasteiger partial charge in [0.2, 0.25) is 5.91 Å². The highest BCUT2D eigenvalue weighted by Crippen LogP contribution is 2.41. The van der Waals surface area contributed by atoms with E-state index in [9.17, 15) is 19.2 Å². The monoisotopic (exact) mass is 678 g/mol. The van der Waals surface area contributed by atoms with Gasteiger partial charge in [0.15, 0.2) is 5.78 Å². The fourth-order valence-corrected chi connectivity index (χ4v) is 6.21. The average Bonchev–Trinajstić information content (AvgIpc) is 3.74. The lowest BCUT2D eigenvalue weighted by molar-refractivity contribution is -0.116. The highest BCUT2D eigenvalue weighted by atomic mass is 16.2. The molecular weight excluding hydrogens is 636 g/mol. The van der Waals surface area contributed by atoms with E-state index in [4.69, 9.17) is 5.10 Å². The van der Waals surface area contributed by atoms with Crippen LogP contribution in [0.4, 0.5) is 17.3 Å². The number of carbonyl (C=O) groups excluding carboxylic acids is 4. The molecule has 3 aromatic heterocycles. The highest BCUT2D eigenvalue weighted by Gasteiger charge is 2.30. The summed E-state index contributed by atoms with van der Waals surface area (Å²) in [4.78, 5) is 56.1. The van der Waals surface area contributed by atoms with Crippen LogP contribution in [-0.4, -0.2) is 107 Å². The molecule has 0 aliphatic heterocycles. The summed E-state index contributed by atoms with van der Waals surface area (Å²) < 4.78 is 5.04. The van der Waals surface area contributed by atoms with E-state index in [-0.39, 0.29) is 36.6 Å². The molecule has 14 nitrogen and oxygen atoms in total. The van der Waals surface area contributed by atoms with Crippen LogP contribution in [0.2, 0.25) is 0 Å². The summed E-state index contributed by atoms with van der Waals surface area (Å²) in [6.07, 6.45) is 0. The van der Waals surface area contributed by atoms with Crippen LogP contribution in [0.15, 0.2) is 60.7 Å². The Morgan fingerprint density at radius 3 is 2.12 bits per heavy atom. The molecule has 50 heavy (non-hydrogen) atoms. The van der Waals surface area contributed by atoms with Crippen molar-refractivity contribution in [1.29, 1.82) is 0 Å². The summed E-state index contributed by atoms with van der Waals surface area (Å²) in [5.74, 6) is 0.00916. The number of aromatic nitrogens is 4. The number of nitrogens with zero attached hydrogens (tertiary/aromatic N) is 6. The minimum absolute atomic E-state index is 0.0372. The third kappa shape index (κ3) is 6.62. The normalized spacial score (nSPS) is 12.0. The van der Waals surface area contributed by atoms with Gasteiger partial charge in [0.1, 0.15) is 28.7 Å². The van der Waals surface area contributed by atoms with E-state index in [0.717, 1.165) is 34.4 Å². The van der Waals surface area contributed by atoms with Crippen LogP contribution in [-0.2, 0) is 25.4 Å². The van der Waals surface area contributed by atoms with E-state index in [2.05, 4.69) is 26.2 Å². The predicted molar refractivity (Wildman–Crippen MR) is 194 cm³/mol. The van der Waals surface area contributed by atoms with Crippen molar-refractivity contribution in [2.45, 2.75) is 6.54 Å². The summed E-state index contributed by atoms with van der Waals surface area (Å²) in [7, 11) is 11.0. The summed E-state index contributed by atoms with van der Waals surface area (Å²) in [6, 6.07) is 18.0. The maximum atomic E-state index is 13.8. The molecule has 260 valence electrons. The first-order valence-electron chi connectivity index (χ1n) is 16.4. The molecule has 0 bridgehead atoms. The Morgan fingerprint density at radius 2 is 1.42 bits per heavy atom. The van der Waals surface area contributed by atoms with E-state index in [0.29, 0.717) is 47.2 Å². The molecule has 1 aliphatic rings. The van der Waals surface area contributed by atoms with Crippen molar-refractivity contribution in [1.82, 2.24) is 34.0 Å². The average molecular weight is 679 g/mol. The topological polar surface area (TPSA) is 151 Å². The SMILES string of the molecule is CN(C)CCNc1cccc2c1C(=O)c1cccc3c1c-2nn3CCNC(=O)c1ccc(NC(=O)c2ccc(NC(=O)CN(C)C)n2C)n1C. The van der Waals surface area contributed by atoms with E-state index in [1.165, 1.54) is 0 Å². The van der Waals surface area contributed by atoms with E-state index < -0.39 is 0 Å². The van der Waals surface area contributed by atoms with Gasteiger partial charge in [0, 0.05) is 55.9 Å². The van der Waals surface area contributed by atoms with Gasteiger partial charge in [0.05, 0.1) is 24.2 Å². The Labute approximate surface area is 290 Å². The van der Waals surface area contributed by atoms with Gasteiger partial charge in [0.25, 0.3) is 11.8 Å². The van der Waals surface area contributed by atoms with Crippen LogP contribution < -0.4 is 21.3 Å². The van der Waals surface area contributed by atoms with Crippen molar-refractivity contribution >= 4 is 51.7 Å². The van der Waals surface area contributed by atoms with Crippen LogP contribution in [0.5, 0.6) is 0 Å². The number of fused-ring (bicyclic) bond motifs is 2. The molecule has 0 saturated heterocycles. The smallest absolute Gasteiger partial charge is 0.273 e. The zero-order valence-corrected chi connectivity index (χ0v) is 29.1. The molecule has 14 heteroatoms. The Bertz CT molecular complexity index is 2120. The molecule has 0 fully saturated rings. The van der Waals surface area contributed by atoms with E-state index in [1.807, 2.05) is 55.2 Å².